The van der Waals surface area contributed by atoms with Gasteiger partial charge in [-0.15, -0.1) is 0 Å². The van der Waals surface area contributed by atoms with E-state index >= 15 is 0 Å². The second-order valence-corrected chi connectivity index (χ2v) is 3.59. The van der Waals surface area contributed by atoms with Crippen molar-refractivity contribution < 1.29 is 0 Å². The highest BCUT2D eigenvalue weighted by Gasteiger charge is 2.17. The van der Waals surface area contributed by atoms with E-state index in [9.17, 15) is 0 Å². The van der Waals surface area contributed by atoms with Crippen molar-refractivity contribution in [2.75, 3.05) is 0 Å². The molecule has 0 aromatic carbocycles. The fourth-order valence-electron chi connectivity index (χ4n) is 0.965. The van der Waals surface area contributed by atoms with E-state index in [0.29, 0.717) is 0 Å². The molecule has 0 unspecified atom stereocenters. The first-order valence-electron chi connectivity index (χ1n) is 3.71. The highest BCUT2D eigenvalue weighted by molar-refractivity contribution is 6.39. The van der Waals surface area contributed by atoms with Crippen LogP contribution in [-0.2, 0) is 0 Å². The third-order valence-electron chi connectivity index (χ3n) is 1.68. The average molecular weight is 135 g/mol. The van der Waals surface area contributed by atoms with Gasteiger partial charge in [-0.3, -0.25) is 0 Å². The lowest BCUT2D eigenvalue weighted by Gasteiger charge is -2.35. The van der Waals surface area contributed by atoms with Gasteiger partial charge in [0, 0.05) is 5.54 Å². The van der Waals surface area contributed by atoms with Crippen molar-refractivity contribution in [3.63, 3.8) is 0 Å². The van der Waals surface area contributed by atoms with Crippen molar-refractivity contribution in [1.29, 1.82) is 0 Å². The van der Waals surface area contributed by atoms with Gasteiger partial charge in [0.25, 0.3) is 7.41 Å². The summed E-state index contributed by atoms with van der Waals surface area (Å²) in [5, 5.41) is 0. The molecule has 0 aromatic heterocycles. The molecule has 0 saturated heterocycles. The predicted octanol–water partition coefficient (Wildman–Crippen LogP) is 1.48. The zero-order chi connectivity index (χ0) is 7.61. The van der Waals surface area contributed by atoms with Crippen LogP contribution in [0.5, 0.6) is 0 Å². The summed E-state index contributed by atoms with van der Waals surface area (Å²) in [7, 11) is 1.04. The molecule has 0 aliphatic carbocycles. The Morgan fingerprint density at radius 1 is 1.20 bits per heavy atom. The van der Waals surface area contributed by atoms with Crippen molar-refractivity contribution in [2.45, 2.75) is 26.3 Å². The van der Waals surface area contributed by atoms with E-state index in [1.807, 2.05) is 0 Å². The Hall–Kier alpha value is -0.655. The maximum Gasteiger partial charge on any atom is 0.262 e. The molecule has 0 aromatic rings. The Morgan fingerprint density at radius 2 is 1.90 bits per heavy atom. The molecule has 0 fully saturated rings. The van der Waals surface area contributed by atoms with Crippen LogP contribution < -0.4 is 0 Å². The Kier molecular flexibility index (Phi) is 1.88. The topological polar surface area (TPSA) is 3.24 Å². The van der Waals surface area contributed by atoms with Crippen molar-refractivity contribution in [1.82, 2.24) is 4.81 Å². The van der Waals surface area contributed by atoms with Gasteiger partial charge in [0.1, 0.15) is 0 Å². The van der Waals surface area contributed by atoms with E-state index in [0.717, 1.165) is 7.41 Å². The van der Waals surface area contributed by atoms with Gasteiger partial charge in [0.2, 0.25) is 0 Å². The fraction of sp³-hybridized carbons (Fsp3) is 0.500. The van der Waals surface area contributed by atoms with Gasteiger partial charge in [-0.1, -0.05) is 12.1 Å². The van der Waals surface area contributed by atoms with E-state index in [2.05, 4.69) is 49.9 Å². The normalized spacial score (nSPS) is 17.3. The number of allylic oxidation sites excluding steroid dienone is 2. The largest absolute Gasteiger partial charge is 0.415 e. The van der Waals surface area contributed by atoms with Crippen molar-refractivity contribution in [2.24, 2.45) is 0 Å². The summed E-state index contributed by atoms with van der Waals surface area (Å²) in [4.78, 5) is 2.31. The monoisotopic (exact) mass is 135 g/mol. The predicted molar refractivity (Wildman–Crippen MR) is 47.0 cm³/mol. The second kappa shape index (κ2) is 2.53. The first-order chi connectivity index (χ1) is 4.61. The van der Waals surface area contributed by atoms with Gasteiger partial charge in [0.15, 0.2) is 0 Å². The molecule has 1 aliphatic heterocycles. The first-order valence-corrected chi connectivity index (χ1v) is 3.71. The molecule has 2 heteroatoms. The Bertz CT molecular complexity index is 165. The lowest BCUT2D eigenvalue weighted by molar-refractivity contribution is 0.331. The molecule has 1 rings (SSSR count). The summed E-state index contributed by atoms with van der Waals surface area (Å²) in [5.41, 5.74) is 0.265. The summed E-state index contributed by atoms with van der Waals surface area (Å²) in [5.74, 6) is 2.17. The minimum absolute atomic E-state index is 0.265. The minimum Gasteiger partial charge on any atom is -0.415 e. The first kappa shape index (κ1) is 7.45. The molecule has 0 atom stereocenters. The average Bonchev–Trinajstić information content (AvgIpc) is 1.88. The third-order valence-corrected chi connectivity index (χ3v) is 1.68. The maximum absolute atomic E-state index is 2.31. The summed E-state index contributed by atoms with van der Waals surface area (Å²) < 4.78 is 0. The van der Waals surface area contributed by atoms with Gasteiger partial charge in [0.05, 0.1) is 0 Å². The van der Waals surface area contributed by atoms with E-state index < -0.39 is 0 Å². The van der Waals surface area contributed by atoms with Crippen LogP contribution in [0.4, 0.5) is 0 Å². The zero-order valence-corrected chi connectivity index (χ0v) is 6.96. The van der Waals surface area contributed by atoms with Gasteiger partial charge in [-0.25, -0.2) is 0 Å². The molecular weight excluding hydrogens is 121 g/mol. The summed E-state index contributed by atoms with van der Waals surface area (Å²) in [6.07, 6.45) is 6.30. The molecule has 1 nitrogen and oxygen atoms in total. The highest BCUT2D eigenvalue weighted by atomic mass is 15.1. The molecule has 0 radical (unpaired) electrons. The van der Waals surface area contributed by atoms with Gasteiger partial charge < -0.3 is 4.81 Å². The molecule has 0 saturated carbocycles. The Labute approximate surface area is 63.7 Å². The van der Waals surface area contributed by atoms with E-state index in [1.54, 1.807) is 0 Å². The van der Waals surface area contributed by atoms with E-state index in [4.69, 9.17) is 0 Å². The van der Waals surface area contributed by atoms with E-state index in [-0.39, 0.29) is 5.54 Å². The fourth-order valence-corrected chi connectivity index (χ4v) is 0.965. The highest BCUT2D eigenvalue weighted by Crippen LogP contribution is 2.13. The van der Waals surface area contributed by atoms with Crippen molar-refractivity contribution in [3.05, 3.63) is 24.3 Å². The number of rotatable bonds is 0. The number of nitrogens with zero attached hydrogens (tertiary/aromatic N) is 1. The molecule has 0 spiro atoms. The third kappa shape index (κ3) is 1.66. The van der Waals surface area contributed by atoms with Crippen molar-refractivity contribution >= 4 is 7.41 Å². The molecule has 0 N–H and O–H groups in total. The van der Waals surface area contributed by atoms with Crippen molar-refractivity contribution in [3.8, 4) is 0 Å². The smallest absolute Gasteiger partial charge is 0.262 e. The molecule has 0 bridgehead atoms. The minimum atomic E-state index is 0.265. The van der Waals surface area contributed by atoms with Crippen LogP contribution in [-0.4, -0.2) is 17.8 Å². The molecule has 54 valence electrons. The SMILES string of the molecule is CC(C)(C)N1BC=CC=C1. The second-order valence-electron chi connectivity index (χ2n) is 3.59. The number of hydrogen-bond donors (Lipinski definition) is 0. The lowest BCUT2D eigenvalue weighted by atomic mass is 9.83. The number of hydrogen-bond acceptors (Lipinski definition) is 1. The maximum atomic E-state index is 2.31. The Morgan fingerprint density at radius 3 is 2.20 bits per heavy atom. The lowest BCUT2D eigenvalue weighted by Crippen LogP contribution is -2.39. The van der Waals surface area contributed by atoms with E-state index in [1.165, 1.54) is 0 Å². The zero-order valence-electron chi connectivity index (χ0n) is 6.96. The van der Waals surface area contributed by atoms with Gasteiger partial charge in [-0.05, 0) is 33.0 Å². The molecule has 10 heavy (non-hydrogen) atoms. The molecule has 1 heterocycles. The van der Waals surface area contributed by atoms with Crippen LogP contribution in [0.25, 0.3) is 0 Å². The molecule has 0 amide bonds. The molecular formula is C8H14BN. The van der Waals surface area contributed by atoms with Crippen LogP contribution in [0.3, 0.4) is 0 Å². The quantitative estimate of drug-likeness (QED) is 0.454. The van der Waals surface area contributed by atoms with Crippen LogP contribution >= 0.6 is 0 Å². The Balaban J connectivity index is 2.60. The standard InChI is InChI=1S/C8H14BN/c1-8(2,3)10-7-5-4-6-9-10/h4-7,9H,1-3H3. The van der Waals surface area contributed by atoms with Crippen LogP contribution in [0, 0.1) is 0 Å². The summed E-state index contributed by atoms with van der Waals surface area (Å²) in [6.45, 7) is 6.66. The van der Waals surface area contributed by atoms with Gasteiger partial charge >= 0.3 is 0 Å². The molecule has 1 aliphatic rings. The van der Waals surface area contributed by atoms with Gasteiger partial charge in [-0.2, -0.15) is 0 Å². The van der Waals surface area contributed by atoms with Crippen LogP contribution in [0.1, 0.15) is 20.8 Å². The summed E-state index contributed by atoms with van der Waals surface area (Å²) >= 11 is 0. The van der Waals surface area contributed by atoms with Crippen LogP contribution in [0.2, 0.25) is 0 Å². The summed E-state index contributed by atoms with van der Waals surface area (Å²) in [6, 6.07) is 0. The van der Waals surface area contributed by atoms with Crippen LogP contribution in [0.15, 0.2) is 24.3 Å².